The number of carbonyl (C=O) groups excluding carboxylic acids is 2. The summed E-state index contributed by atoms with van der Waals surface area (Å²) in [6.45, 7) is 3.91. The Hall–Kier alpha value is -4.34. The summed E-state index contributed by atoms with van der Waals surface area (Å²) in [6, 6.07) is 15.5. The van der Waals surface area contributed by atoms with Crippen LogP contribution in [0.15, 0.2) is 82.5 Å². The second-order valence-electron chi connectivity index (χ2n) is 8.96. The molecule has 1 atom stereocenters. The maximum absolute atomic E-state index is 14.5. The van der Waals surface area contributed by atoms with Crippen LogP contribution in [0.2, 0.25) is 5.02 Å². The van der Waals surface area contributed by atoms with Crippen molar-refractivity contribution in [3.8, 4) is 0 Å². The number of thiazole rings is 1. The van der Waals surface area contributed by atoms with Crippen molar-refractivity contribution in [2.24, 2.45) is 0 Å². The molecule has 0 bridgehead atoms. The van der Waals surface area contributed by atoms with Gasteiger partial charge in [0, 0.05) is 17.1 Å². The van der Waals surface area contributed by atoms with E-state index < -0.39 is 28.6 Å². The van der Waals surface area contributed by atoms with Gasteiger partial charge in [-0.3, -0.25) is 19.3 Å². The number of hydrogen-bond donors (Lipinski definition) is 0. The van der Waals surface area contributed by atoms with Gasteiger partial charge in [-0.05, 0) is 42.5 Å². The van der Waals surface area contributed by atoms with Crippen LogP contribution in [0.5, 0.6) is 0 Å². The molecule has 0 radical (unpaired) electrons. The number of halogens is 2. The van der Waals surface area contributed by atoms with Gasteiger partial charge in [-0.25, -0.2) is 9.37 Å². The number of amides is 2. The van der Waals surface area contributed by atoms with Crippen molar-refractivity contribution in [1.82, 2.24) is 4.98 Å². The molecule has 5 aromatic rings. The quantitative estimate of drug-likeness (QED) is 0.275. The fourth-order valence-corrected chi connectivity index (χ4v) is 6.72. The zero-order valence-corrected chi connectivity index (χ0v) is 21.0. The first-order chi connectivity index (χ1) is 18.4. The Morgan fingerprint density at radius 1 is 1.11 bits per heavy atom. The zero-order valence-electron chi connectivity index (χ0n) is 19.4. The number of fused-ring (bicyclic) bond motifs is 6. The number of benzene rings is 3. The molecule has 0 saturated carbocycles. The maximum atomic E-state index is 14.5. The Morgan fingerprint density at radius 2 is 1.92 bits per heavy atom. The van der Waals surface area contributed by atoms with Crippen molar-refractivity contribution in [3.63, 3.8) is 0 Å². The molecule has 2 aromatic heterocycles. The van der Waals surface area contributed by atoms with Gasteiger partial charge in [0.1, 0.15) is 11.4 Å². The van der Waals surface area contributed by atoms with Crippen LogP contribution >= 0.6 is 22.9 Å². The van der Waals surface area contributed by atoms with Gasteiger partial charge < -0.3 is 9.32 Å². The van der Waals surface area contributed by atoms with Gasteiger partial charge in [-0.1, -0.05) is 47.2 Å². The van der Waals surface area contributed by atoms with Gasteiger partial charge in [0.2, 0.25) is 5.76 Å². The predicted molar refractivity (Wildman–Crippen MR) is 144 cm³/mol. The molecule has 7 rings (SSSR count). The minimum absolute atomic E-state index is 0.0401. The van der Waals surface area contributed by atoms with Crippen LogP contribution in [0.25, 0.3) is 21.2 Å². The van der Waals surface area contributed by atoms with Crippen LogP contribution < -0.4 is 15.2 Å². The molecule has 0 aliphatic carbocycles. The van der Waals surface area contributed by atoms with E-state index in [0.717, 1.165) is 23.5 Å². The summed E-state index contributed by atoms with van der Waals surface area (Å²) in [6.07, 6.45) is 1.56. The van der Waals surface area contributed by atoms with E-state index in [0.29, 0.717) is 26.5 Å². The summed E-state index contributed by atoms with van der Waals surface area (Å²) < 4.78 is 20.9. The average Bonchev–Trinajstić information content (AvgIpc) is 3.51. The van der Waals surface area contributed by atoms with Gasteiger partial charge >= 0.3 is 0 Å². The van der Waals surface area contributed by atoms with E-state index >= 15 is 0 Å². The Kier molecular flexibility index (Phi) is 4.70. The number of aromatic nitrogens is 1. The average molecular weight is 544 g/mol. The number of para-hydroxylation sites is 1. The number of rotatable bonds is 3. The van der Waals surface area contributed by atoms with E-state index in [9.17, 15) is 18.8 Å². The normalized spacial score (nSPS) is 18.2. The lowest BCUT2D eigenvalue weighted by molar-refractivity contribution is -0.121. The minimum Gasteiger partial charge on any atom is -0.450 e. The summed E-state index contributed by atoms with van der Waals surface area (Å²) in [5, 5.41) is 0.612. The van der Waals surface area contributed by atoms with Gasteiger partial charge in [0.05, 0.1) is 26.9 Å². The van der Waals surface area contributed by atoms with Crippen LogP contribution in [-0.2, 0) is 10.3 Å². The van der Waals surface area contributed by atoms with Crippen molar-refractivity contribution in [3.05, 3.63) is 111 Å². The number of nitrogens with zero attached hydrogens (tertiary/aromatic N) is 3. The molecule has 186 valence electrons. The molecule has 2 aliphatic rings. The van der Waals surface area contributed by atoms with Crippen molar-refractivity contribution >= 4 is 66.8 Å². The lowest BCUT2D eigenvalue weighted by Crippen LogP contribution is -2.53. The maximum Gasteiger partial charge on any atom is 0.297 e. The molecule has 38 heavy (non-hydrogen) atoms. The summed E-state index contributed by atoms with van der Waals surface area (Å²) >= 11 is 7.35. The molecule has 7 nitrogen and oxygen atoms in total. The molecule has 0 saturated heterocycles. The Balaban J connectivity index is 1.63. The minimum atomic E-state index is -1.91. The molecule has 0 fully saturated rings. The summed E-state index contributed by atoms with van der Waals surface area (Å²) in [5.74, 6) is -2.16. The molecule has 4 heterocycles. The molecular formula is C28H15ClFN3O4S. The third kappa shape index (κ3) is 2.77. The van der Waals surface area contributed by atoms with Crippen molar-refractivity contribution in [1.29, 1.82) is 0 Å². The van der Waals surface area contributed by atoms with Gasteiger partial charge in [-0.15, -0.1) is 6.58 Å². The fraction of sp³-hybridized carbons (Fsp3) is 0.0714. The second-order valence-corrected chi connectivity index (χ2v) is 10.4. The fourth-order valence-electron chi connectivity index (χ4n) is 5.43. The number of hydrogen-bond acceptors (Lipinski definition) is 6. The SMILES string of the molecule is C=CCN1C(=O)C2(c3ccccc31)c1c(oc3ccc(F)cc3c1=O)C(=O)N2c1nc2ccc(Cl)cc2s1. The molecule has 2 amide bonds. The topological polar surface area (TPSA) is 83.7 Å². The van der Waals surface area contributed by atoms with E-state index in [1.165, 1.54) is 15.9 Å². The number of anilines is 2. The highest BCUT2D eigenvalue weighted by atomic mass is 35.5. The van der Waals surface area contributed by atoms with Gasteiger partial charge in [0.15, 0.2) is 16.1 Å². The lowest BCUT2D eigenvalue weighted by Gasteiger charge is -2.32. The highest BCUT2D eigenvalue weighted by molar-refractivity contribution is 7.22. The molecule has 3 aromatic carbocycles. The van der Waals surface area contributed by atoms with Gasteiger partial charge in [0.25, 0.3) is 11.8 Å². The Labute approximate surface area is 223 Å². The standard InChI is InChI=1S/C28H15ClFN3O4S/c1-2-11-32-19-6-4-3-5-17(19)28(26(32)36)22-23(34)16-13-15(30)8-10-20(16)37-24(22)25(35)33(28)27-31-18-9-7-14(29)12-21(18)38-27/h2-10,12-13H,1,11H2. The van der Waals surface area contributed by atoms with E-state index in [1.54, 1.807) is 48.5 Å². The van der Waals surface area contributed by atoms with E-state index in [-0.39, 0.29) is 34.0 Å². The van der Waals surface area contributed by atoms with Crippen molar-refractivity contribution in [2.45, 2.75) is 5.54 Å². The molecule has 1 unspecified atom stereocenters. The zero-order chi connectivity index (χ0) is 26.3. The molecule has 2 aliphatic heterocycles. The smallest absolute Gasteiger partial charge is 0.297 e. The van der Waals surface area contributed by atoms with Crippen LogP contribution in [0, 0.1) is 5.82 Å². The second kappa shape index (κ2) is 7.83. The van der Waals surface area contributed by atoms with Crippen molar-refractivity contribution < 1.29 is 18.4 Å². The first kappa shape index (κ1) is 22.8. The summed E-state index contributed by atoms with van der Waals surface area (Å²) in [4.78, 5) is 50.1. The van der Waals surface area contributed by atoms with Crippen LogP contribution in [0.1, 0.15) is 21.7 Å². The van der Waals surface area contributed by atoms with E-state index in [1.807, 2.05) is 0 Å². The van der Waals surface area contributed by atoms with Crippen LogP contribution in [0.4, 0.5) is 15.2 Å². The number of carbonyl (C=O) groups is 2. The van der Waals surface area contributed by atoms with Gasteiger partial charge in [-0.2, -0.15) is 0 Å². The van der Waals surface area contributed by atoms with Crippen LogP contribution in [-0.4, -0.2) is 23.3 Å². The first-order valence-electron chi connectivity index (χ1n) is 11.6. The van der Waals surface area contributed by atoms with E-state index in [4.69, 9.17) is 16.0 Å². The molecule has 0 N–H and O–H groups in total. The largest absolute Gasteiger partial charge is 0.450 e. The lowest BCUT2D eigenvalue weighted by atomic mass is 9.84. The van der Waals surface area contributed by atoms with Crippen molar-refractivity contribution in [2.75, 3.05) is 16.3 Å². The highest BCUT2D eigenvalue weighted by Gasteiger charge is 2.66. The molecular weight excluding hydrogens is 529 g/mol. The Bertz CT molecular complexity index is 1950. The Morgan fingerprint density at radius 3 is 2.74 bits per heavy atom. The monoisotopic (exact) mass is 543 g/mol. The molecule has 1 spiro atoms. The molecule has 10 heteroatoms. The summed E-state index contributed by atoms with van der Waals surface area (Å²) in [7, 11) is 0. The van der Waals surface area contributed by atoms with E-state index in [2.05, 4.69) is 11.6 Å². The first-order valence-corrected chi connectivity index (χ1v) is 12.8. The van der Waals surface area contributed by atoms with Crippen LogP contribution in [0.3, 0.4) is 0 Å². The highest BCUT2D eigenvalue weighted by Crippen LogP contribution is 2.54. The third-order valence-corrected chi connectivity index (χ3v) is 8.17. The predicted octanol–water partition coefficient (Wildman–Crippen LogP) is 5.63. The summed E-state index contributed by atoms with van der Waals surface area (Å²) in [5.41, 5.74) is -1.19. The third-order valence-electron chi connectivity index (χ3n) is 6.93.